The first-order chi connectivity index (χ1) is 16.6. The van der Waals surface area contributed by atoms with Gasteiger partial charge in [-0.1, -0.05) is 41.0 Å². The number of benzene rings is 2. The van der Waals surface area contributed by atoms with Crippen molar-refractivity contribution in [3.05, 3.63) is 80.9 Å². The summed E-state index contributed by atoms with van der Waals surface area (Å²) < 4.78 is 0. The van der Waals surface area contributed by atoms with Crippen LogP contribution in [0.5, 0.6) is 0 Å². The molecule has 0 fully saturated rings. The van der Waals surface area contributed by atoms with Crippen molar-refractivity contribution in [1.29, 1.82) is 0 Å². The summed E-state index contributed by atoms with van der Waals surface area (Å²) in [7, 11) is 0. The largest absolute Gasteiger partial charge is 0.394 e. The van der Waals surface area contributed by atoms with E-state index in [1.807, 2.05) is 65.8 Å². The van der Waals surface area contributed by atoms with Crippen LogP contribution < -0.4 is 0 Å². The van der Waals surface area contributed by atoms with Crippen molar-refractivity contribution in [2.24, 2.45) is 0 Å². The number of aliphatic hydroxyl groups excluding tert-OH is 4. The smallest absolute Gasteiger partial charge is 0.126 e. The van der Waals surface area contributed by atoms with Crippen molar-refractivity contribution in [1.82, 2.24) is 0 Å². The maximum absolute atomic E-state index is 12.0. The minimum Gasteiger partial charge on any atom is -0.394 e. The molecule has 6 heteroatoms. The van der Waals surface area contributed by atoms with Gasteiger partial charge in [0, 0.05) is 12.8 Å². The summed E-state index contributed by atoms with van der Waals surface area (Å²) in [5, 5.41) is 66.7. The summed E-state index contributed by atoms with van der Waals surface area (Å²) in [5.41, 5.74) is 3.44. The number of aryl methyl sites for hydroxylation is 6. The Hall–Kier alpha value is -2.06. The molecule has 0 spiro atoms. The molecule has 1 unspecified atom stereocenters. The van der Waals surface area contributed by atoms with Crippen molar-refractivity contribution in [3.63, 3.8) is 0 Å². The molecule has 5 atom stereocenters. The average molecular weight is 501 g/mol. The van der Waals surface area contributed by atoms with Crippen molar-refractivity contribution < 1.29 is 30.6 Å². The van der Waals surface area contributed by atoms with Gasteiger partial charge in [-0.25, -0.2) is 0 Å². The molecule has 36 heavy (non-hydrogen) atoms. The van der Waals surface area contributed by atoms with Crippen LogP contribution >= 0.6 is 0 Å². The first-order valence-electron chi connectivity index (χ1n) is 12.4. The maximum atomic E-state index is 12.0. The molecule has 0 aliphatic rings. The van der Waals surface area contributed by atoms with Gasteiger partial charge in [0.1, 0.15) is 29.5 Å². The zero-order valence-electron chi connectivity index (χ0n) is 22.8. The molecular formula is C30H44O6. The van der Waals surface area contributed by atoms with Gasteiger partial charge in [0.25, 0.3) is 0 Å². The van der Waals surface area contributed by atoms with E-state index in [9.17, 15) is 30.6 Å². The quantitative estimate of drug-likeness (QED) is 0.264. The van der Waals surface area contributed by atoms with Crippen molar-refractivity contribution in [3.8, 4) is 0 Å². The molecule has 6 N–H and O–H groups in total. The molecule has 0 aromatic heterocycles. The summed E-state index contributed by atoms with van der Waals surface area (Å²) >= 11 is 0. The molecule has 2 aromatic rings. The predicted octanol–water partition coefficient (Wildman–Crippen LogP) is 2.83. The Kier molecular flexibility index (Phi) is 9.68. The number of aliphatic hydroxyl groups is 6. The van der Waals surface area contributed by atoms with Crippen LogP contribution in [0.1, 0.15) is 57.9 Å². The summed E-state index contributed by atoms with van der Waals surface area (Å²) in [6.07, 6.45) is -5.85. The molecule has 0 saturated carbocycles. The predicted molar refractivity (Wildman–Crippen MR) is 143 cm³/mol. The highest BCUT2D eigenvalue weighted by molar-refractivity contribution is 5.41. The fourth-order valence-electron chi connectivity index (χ4n) is 5.61. The Morgan fingerprint density at radius 3 is 1.53 bits per heavy atom. The molecule has 0 bridgehead atoms. The van der Waals surface area contributed by atoms with Gasteiger partial charge in [0.2, 0.25) is 0 Å². The topological polar surface area (TPSA) is 121 Å². The van der Waals surface area contributed by atoms with E-state index in [0.29, 0.717) is 11.1 Å². The Morgan fingerprint density at radius 1 is 0.778 bits per heavy atom. The molecule has 0 amide bonds. The number of hydrogen-bond acceptors (Lipinski definition) is 6. The van der Waals surface area contributed by atoms with Gasteiger partial charge in [0.15, 0.2) is 0 Å². The lowest BCUT2D eigenvalue weighted by Crippen LogP contribution is -2.66. The first kappa shape index (κ1) is 30.2. The Labute approximate surface area is 215 Å². The molecule has 0 heterocycles. The standard InChI is InChI=1S/C30H44O6/c1-17(2)13-29(35,14-24-20(5)9-18(3)10-21(24)6)28(34)30(36,27(33)26(32)16-31)15-25-22(7)11-19(4)12-23(25)8/h9-12,26-28,31-36H,1,13-16H2,2-8H3/t26-,27+,28+,29?,30+/m0/s1. The van der Waals surface area contributed by atoms with E-state index in [-0.39, 0.29) is 19.3 Å². The highest BCUT2D eigenvalue weighted by atomic mass is 16.4. The van der Waals surface area contributed by atoms with Gasteiger partial charge < -0.3 is 30.6 Å². The second-order valence-electron chi connectivity index (χ2n) is 10.9. The third-order valence-electron chi connectivity index (χ3n) is 7.28. The van der Waals surface area contributed by atoms with Gasteiger partial charge in [-0.2, -0.15) is 0 Å². The molecular weight excluding hydrogens is 456 g/mol. The molecule has 0 aliphatic heterocycles. The van der Waals surface area contributed by atoms with Crippen molar-refractivity contribution in [2.45, 2.75) is 97.2 Å². The van der Waals surface area contributed by atoms with Crippen LogP contribution in [-0.4, -0.2) is 66.8 Å². The average Bonchev–Trinajstić information content (AvgIpc) is 2.76. The van der Waals surface area contributed by atoms with Crippen molar-refractivity contribution >= 4 is 0 Å². The summed E-state index contributed by atoms with van der Waals surface area (Å²) in [6.45, 7) is 16.4. The van der Waals surface area contributed by atoms with Crippen LogP contribution in [0.15, 0.2) is 36.4 Å². The van der Waals surface area contributed by atoms with E-state index < -0.39 is 36.1 Å². The van der Waals surface area contributed by atoms with Crippen LogP contribution in [0.4, 0.5) is 0 Å². The molecule has 200 valence electrons. The maximum Gasteiger partial charge on any atom is 0.126 e. The highest BCUT2D eigenvalue weighted by Crippen LogP contribution is 2.38. The van der Waals surface area contributed by atoms with Gasteiger partial charge >= 0.3 is 0 Å². The normalized spacial score (nSPS) is 17.7. The van der Waals surface area contributed by atoms with Crippen LogP contribution in [0.3, 0.4) is 0 Å². The highest BCUT2D eigenvalue weighted by Gasteiger charge is 2.54. The van der Waals surface area contributed by atoms with E-state index >= 15 is 0 Å². The number of rotatable bonds is 11. The third-order valence-corrected chi connectivity index (χ3v) is 7.28. The van der Waals surface area contributed by atoms with E-state index in [1.165, 1.54) is 0 Å². The van der Waals surface area contributed by atoms with Crippen LogP contribution in [0.25, 0.3) is 0 Å². The SMILES string of the molecule is C=C(C)CC(O)(Cc1c(C)cc(C)cc1C)[C@@H](O)[C@@](O)(Cc1c(C)cc(C)cc1C)[C@H](O)[C@@H](O)CO. The molecule has 6 nitrogen and oxygen atoms in total. The number of hydrogen-bond donors (Lipinski definition) is 6. The van der Waals surface area contributed by atoms with Gasteiger partial charge in [-0.3, -0.25) is 0 Å². The Bertz CT molecular complexity index is 1050. The molecule has 0 radical (unpaired) electrons. The fourth-order valence-corrected chi connectivity index (χ4v) is 5.61. The van der Waals surface area contributed by atoms with Gasteiger partial charge in [-0.05, 0) is 88.3 Å². The Morgan fingerprint density at radius 2 is 1.17 bits per heavy atom. The van der Waals surface area contributed by atoms with E-state index in [1.54, 1.807) is 6.92 Å². The van der Waals surface area contributed by atoms with Gasteiger partial charge in [0.05, 0.1) is 6.61 Å². The minimum atomic E-state index is -2.39. The summed E-state index contributed by atoms with van der Waals surface area (Å²) in [4.78, 5) is 0. The third kappa shape index (κ3) is 6.43. The monoisotopic (exact) mass is 500 g/mol. The molecule has 2 rings (SSSR count). The summed E-state index contributed by atoms with van der Waals surface area (Å²) in [5.74, 6) is 0. The lowest BCUT2D eigenvalue weighted by molar-refractivity contribution is -0.228. The molecule has 0 aliphatic carbocycles. The van der Waals surface area contributed by atoms with E-state index in [2.05, 4.69) is 6.58 Å². The molecule has 0 saturated heterocycles. The minimum absolute atomic E-state index is 0.00488. The fraction of sp³-hybridized carbons (Fsp3) is 0.533. The lowest BCUT2D eigenvalue weighted by Gasteiger charge is -2.46. The summed E-state index contributed by atoms with van der Waals surface area (Å²) in [6, 6.07) is 7.85. The van der Waals surface area contributed by atoms with Gasteiger partial charge in [-0.15, -0.1) is 6.58 Å². The van der Waals surface area contributed by atoms with Crippen LogP contribution in [0, 0.1) is 41.5 Å². The van der Waals surface area contributed by atoms with Crippen LogP contribution in [-0.2, 0) is 12.8 Å². The van der Waals surface area contributed by atoms with E-state index in [4.69, 9.17) is 0 Å². The van der Waals surface area contributed by atoms with E-state index in [0.717, 1.165) is 38.9 Å². The van der Waals surface area contributed by atoms with Crippen LogP contribution in [0.2, 0.25) is 0 Å². The second kappa shape index (κ2) is 11.5. The molecule has 2 aromatic carbocycles. The zero-order chi connectivity index (χ0) is 27.6. The zero-order valence-corrected chi connectivity index (χ0v) is 22.8. The van der Waals surface area contributed by atoms with Crippen molar-refractivity contribution in [2.75, 3.05) is 6.61 Å². The Balaban J connectivity index is 2.69. The second-order valence-corrected chi connectivity index (χ2v) is 10.9. The lowest BCUT2D eigenvalue weighted by atomic mass is 9.70. The first-order valence-corrected chi connectivity index (χ1v) is 12.4.